The van der Waals surface area contributed by atoms with Gasteiger partial charge in [-0.05, 0) is 46.5 Å². The van der Waals surface area contributed by atoms with Gasteiger partial charge < -0.3 is 0 Å². The molecule has 0 saturated heterocycles. The van der Waals surface area contributed by atoms with Crippen LogP contribution in [-0.2, 0) is 4.66 Å². The van der Waals surface area contributed by atoms with Gasteiger partial charge in [0, 0.05) is 13.6 Å². The molecule has 0 aromatic heterocycles. The van der Waals surface area contributed by atoms with Gasteiger partial charge in [0.1, 0.15) is 0 Å². The van der Waals surface area contributed by atoms with E-state index in [9.17, 15) is 0 Å². The van der Waals surface area contributed by atoms with Gasteiger partial charge in [0.2, 0.25) is 0 Å². The summed E-state index contributed by atoms with van der Waals surface area (Å²) < 4.78 is 2.63. The number of fused-ring (bicyclic) bond motifs is 3. The second kappa shape index (κ2) is 5.42. The van der Waals surface area contributed by atoms with Gasteiger partial charge in [0.05, 0.1) is 16.1 Å². The van der Waals surface area contributed by atoms with Crippen LogP contribution >= 0.6 is 31.9 Å². The molecule has 2 aromatic carbocycles. The largest absolute Gasteiger partial charge is 0.0688 e. The summed E-state index contributed by atoms with van der Waals surface area (Å²) in [5.41, 5.74) is 6.03. The Morgan fingerprint density at radius 3 is 1.30 bits per heavy atom. The first kappa shape index (κ1) is 17.7. The van der Waals surface area contributed by atoms with Crippen molar-refractivity contribution in [3.05, 3.63) is 56.5 Å². The number of hydrogen-bond acceptors (Lipinski definition) is 0. The zero-order valence-corrected chi connectivity index (χ0v) is 19.9. The molecule has 0 aliphatic heterocycles. The molecule has 0 nitrogen and oxygen atoms in total. The topological polar surface area (TPSA) is 0 Å². The number of hydrogen-bond donors (Lipinski definition) is 0. The molecule has 23 heavy (non-hydrogen) atoms. The van der Waals surface area contributed by atoms with Crippen molar-refractivity contribution in [1.82, 2.24) is 0 Å². The van der Waals surface area contributed by atoms with Crippen LogP contribution in [0.15, 0.2) is 45.3 Å². The molecule has 0 radical (unpaired) electrons. The van der Waals surface area contributed by atoms with E-state index in [1.807, 2.05) is 0 Å². The average Bonchev–Trinajstić information content (AvgIpc) is 2.66. The Bertz CT molecular complexity index is 715. The Balaban J connectivity index is 2.54. The SMILES string of the molecule is C[Si](C)(C)C1([Si](C)(C)C)c2cc(Br)ccc2-c2ccc(Br)cc21. The van der Waals surface area contributed by atoms with Crippen molar-refractivity contribution >= 4 is 48.0 Å². The molecule has 0 amide bonds. The summed E-state index contributed by atoms with van der Waals surface area (Å²) in [7, 11) is -3.08. The minimum atomic E-state index is -1.54. The maximum Gasteiger partial charge on any atom is 0.0579 e. The summed E-state index contributed by atoms with van der Waals surface area (Å²) >= 11 is 7.46. The van der Waals surface area contributed by atoms with Gasteiger partial charge in [0.25, 0.3) is 0 Å². The predicted octanol–water partition coefficient (Wildman–Crippen LogP) is 7.23. The number of rotatable bonds is 2. The molecular formula is C19H24Br2Si2. The highest BCUT2D eigenvalue weighted by molar-refractivity contribution is 9.10. The van der Waals surface area contributed by atoms with Crippen molar-refractivity contribution in [3.8, 4) is 11.1 Å². The predicted molar refractivity (Wildman–Crippen MR) is 115 cm³/mol. The average molecular weight is 468 g/mol. The Morgan fingerprint density at radius 1 is 0.652 bits per heavy atom. The third kappa shape index (κ3) is 2.40. The highest BCUT2D eigenvalue weighted by Crippen LogP contribution is 2.58. The van der Waals surface area contributed by atoms with Crippen molar-refractivity contribution in [3.63, 3.8) is 0 Å². The molecule has 0 N–H and O–H groups in total. The zero-order valence-electron chi connectivity index (χ0n) is 14.7. The molecule has 0 bridgehead atoms. The zero-order chi connectivity index (χ0) is 17.2. The van der Waals surface area contributed by atoms with Crippen LogP contribution in [0.3, 0.4) is 0 Å². The lowest BCUT2D eigenvalue weighted by Crippen LogP contribution is -2.63. The van der Waals surface area contributed by atoms with Gasteiger partial charge in [0.15, 0.2) is 0 Å². The Labute approximate surface area is 159 Å². The fourth-order valence-corrected chi connectivity index (χ4v) is 18.8. The summed E-state index contributed by atoms with van der Waals surface area (Å²) in [6.45, 7) is 15.3. The van der Waals surface area contributed by atoms with E-state index in [4.69, 9.17) is 0 Å². The fraction of sp³-hybridized carbons (Fsp3) is 0.368. The van der Waals surface area contributed by atoms with Crippen molar-refractivity contribution in [2.24, 2.45) is 0 Å². The Morgan fingerprint density at radius 2 is 1.00 bits per heavy atom. The highest BCUT2D eigenvalue weighted by Gasteiger charge is 2.59. The normalized spacial score (nSPS) is 16.2. The molecule has 1 aliphatic carbocycles. The van der Waals surface area contributed by atoms with Crippen LogP contribution in [0.25, 0.3) is 11.1 Å². The van der Waals surface area contributed by atoms with Crippen molar-refractivity contribution in [1.29, 1.82) is 0 Å². The van der Waals surface area contributed by atoms with Crippen LogP contribution in [0.4, 0.5) is 0 Å². The van der Waals surface area contributed by atoms with Gasteiger partial charge in [-0.1, -0.05) is 83.3 Å². The maximum absolute atomic E-state index is 3.73. The van der Waals surface area contributed by atoms with Crippen molar-refractivity contribution in [2.75, 3.05) is 0 Å². The van der Waals surface area contributed by atoms with Crippen molar-refractivity contribution < 1.29 is 0 Å². The monoisotopic (exact) mass is 466 g/mol. The summed E-state index contributed by atoms with van der Waals surface area (Å²) in [4.78, 5) is 0. The standard InChI is InChI=1S/C19H24Br2Si2/c1-22(2,3)19(23(4,5)6)17-11-13(20)7-9-15(17)16-10-8-14(21)12-18(16)19/h7-12H,1-6H3. The van der Waals surface area contributed by atoms with Crippen LogP contribution in [0.2, 0.25) is 39.3 Å². The van der Waals surface area contributed by atoms with Crippen molar-refractivity contribution in [2.45, 2.75) is 43.9 Å². The minimum absolute atomic E-state index is 0.234. The summed E-state index contributed by atoms with van der Waals surface area (Å²) in [5.74, 6) is 0. The maximum atomic E-state index is 3.73. The summed E-state index contributed by atoms with van der Waals surface area (Å²) in [6.07, 6.45) is 0. The van der Waals surface area contributed by atoms with Gasteiger partial charge in [-0.3, -0.25) is 0 Å². The minimum Gasteiger partial charge on any atom is -0.0688 e. The van der Waals surface area contributed by atoms with Gasteiger partial charge in [-0.15, -0.1) is 0 Å². The lowest BCUT2D eigenvalue weighted by atomic mass is 10.1. The molecule has 0 unspecified atom stereocenters. The van der Waals surface area contributed by atoms with Crippen LogP contribution in [0.5, 0.6) is 0 Å². The van der Waals surface area contributed by atoms with E-state index in [0.29, 0.717) is 0 Å². The molecule has 0 heterocycles. The molecule has 0 atom stereocenters. The molecule has 0 saturated carbocycles. The quantitative estimate of drug-likeness (QED) is 0.408. The van der Waals surface area contributed by atoms with E-state index in [2.05, 4.69) is 108 Å². The van der Waals surface area contributed by atoms with Gasteiger partial charge >= 0.3 is 0 Å². The van der Waals surface area contributed by atoms with Crippen LogP contribution in [-0.4, -0.2) is 16.1 Å². The van der Waals surface area contributed by atoms with E-state index in [1.54, 1.807) is 11.1 Å². The molecule has 0 spiro atoms. The molecule has 1 aliphatic rings. The highest BCUT2D eigenvalue weighted by atomic mass is 79.9. The summed E-state index contributed by atoms with van der Waals surface area (Å²) in [6, 6.07) is 13.8. The first-order valence-electron chi connectivity index (χ1n) is 8.10. The van der Waals surface area contributed by atoms with Crippen LogP contribution < -0.4 is 0 Å². The molecular weight excluding hydrogens is 444 g/mol. The van der Waals surface area contributed by atoms with Gasteiger partial charge in [-0.25, -0.2) is 0 Å². The molecule has 3 rings (SSSR count). The third-order valence-electron chi connectivity index (χ3n) is 5.31. The van der Waals surface area contributed by atoms with Crippen LogP contribution in [0.1, 0.15) is 11.1 Å². The molecule has 4 heteroatoms. The summed E-state index contributed by atoms with van der Waals surface area (Å²) in [5, 5.41) is 0. The van der Waals surface area contributed by atoms with E-state index in [1.165, 1.54) is 20.1 Å². The Kier molecular flexibility index (Phi) is 4.16. The third-order valence-corrected chi connectivity index (χ3v) is 16.4. The second-order valence-electron chi connectivity index (χ2n) is 8.63. The first-order chi connectivity index (χ1) is 10.5. The van der Waals surface area contributed by atoms with E-state index >= 15 is 0 Å². The smallest absolute Gasteiger partial charge is 0.0579 e. The fourth-order valence-electron chi connectivity index (χ4n) is 5.01. The van der Waals surface area contributed by atoms with E-state index in [0.717, 1.165) is 0 Å². The lowest BCUT2D eigenvalue weighted by Gasteiger charge is -2.51. The second-order valence-corrected chi connectivity index (χ2v) is 21.5. The van der Waals surface area contributed by atoms with Gasteiger partial charge in [-0.2, -0.15) is 0 Å². The molecule has 0 fully saturated rings. The van der Waals surface area contributed by atoms with E-state index < -0.39 is 16.1 Å². The van der Waals surface area contributed by atoms with Crippen LogP contribution in [0, 0.1) is 0 Å². The lowest BCUT2D eigenvalue weighted by molar-refractivity contribution is 0.950. The Hall–Kier alpha value is -0.166. The first-order valence-corrected chi connectivity index (χ1v) is 16.7. The molecule has 122 valence electrons. The number of benzene rings is 2. The van der Waals surface area contributed by atoms with E-state index in [-0.39, 0.29) is 4.66 Å². The number of halogens is 2. The molecule has 2 aromatic rings.